The molecule has 1 aliphatic rings. The van der Waals surface area contributed by atoms with Crippen LogP contribution in [0.3, 0.4) is 0 Å². The molecule has 1 aromatic rings. The maximum absolute atomic E-state index is 13.7. The van der Waals surface area contributed by atoms with Gasteiger partial charge in [-0.1, -0.05) is 0 Å². The molecule has 0 atom stereocenters. The van der Waals surface area contributed by atoms with E-state index in [0.717, 1.165) is 0 Å². The molecule has 0 unspecified atom stereocenters. The van der Waals surface area contributed by atoms with Gasteiger partial charge in [0.05, 0.1) is 5.69 Å². The normalized spacial score (nSPS) is 13.8. The van der Waals surface area contributed by atoms with Crippen molar-refractivity contribution in [2.24, 2.45) is 0 Å². The molecule has 0 spiro atoms. The van der Waals surface area contributed by atoms with Crippen LogP contribution < -0.4 is 5.32 Å². The molecule has 1 heterocycles. The van der Waals surface area contributed by atoms with E-state index in [1.54, 1.807) is 10.6 Å². The molecule has 0 amide bonds. The number of rotatable bonds is 4. The van der Waals surface area contributed by atoms with Crippen molar-refractivity contribution in [2.45, 2.75) is 13.8 Å². The Hall–Kier alpha value is -2.04. The summed E-state index contributed by atoms with van der Waals surface area (Å²) in [4.78, 5) is 22.9. The highest BCUT2D eigenvalue weighted by molar-refractivity contribution is 6.63. The number of carbonyl (C=O) groups excluding carboxylic acids is 2. The summed E-state index contributed by atoms with van der Waals surface area (Å²) in [5, 5.41) is 2.89. The molecule has 5 heteroatoms. The second-order valence-corrected chi connectivity index (χ2v) is 3.96. The highest BCUT2D eigenvalue weighted by atomic mass is 19.1. The Balaban J connectivity index is 2.62. The Kier molecular flexibility index (Phi) is 3.23. The van der Waals surface area contributed by atoms with Crippen molar-refractivity contribution < 1.29 is 18.6 Å². The summed E-state index contributed by atoms with van der Waals surface area (Å²) < 4.78 is 15.3. The molecule has 18 heavy (non-hydrogen) atoms. The number of halogens is 1. The number of nitrogens with one attached hydrogen (secondary N) is 1. The van der Waals surface area contributed by atoms with Gasteiger partial charge in [-0.3, -0.25) is 9.59 Å². The highest BCUT2D eigenvalue weighted by Crippen LogP contribution is 2.31. The standard InChI is InChI=1S/C13H13FN2O2/c1-3-15-10-6-11-8(5-9(10)14)13(18)12(7-17)16(11)4-2/h5-7H,3-4H2,1-2H3/p+1. The lowest BCUT2D eigenvalue weighted by Crippen LogP contribution is -2.19. The zero-order chi connectivity index (χ0) is 13.3. The monoisotopic (exact) mass is 249 g/mol. The molecule has 94 valence electrons. The highest BCUT2D eigenvalue weighted by Gasteiger charge is 2.38. The second-order valence-electron chi connectivity index (χ2n) is 3.96. The van der Waals surface area contributed by atoms with Crippen LogP contribution in [0.1, 0.15) is 24.2 Å². The second kappa shape index (κ2) is 4.68. The molecule has 0 bridgehead atoms. The first-order valence-corrected chi connectivity index (χ1v) is 5.85. The van der Waals surface area contributed by atoms with Crippen molar-refractivity contribution in [3.05, 3.63) is 23.5 Å². The molecular formula is C13H14FN2O2+. The van der Waals surface area contributed by atoms with Gasteiger partial charge in [-0.2, -0.15) is 4.58 Å². The van der Waals surface area contributed by atoms with Crippen molar-refractivity contribution >= 4 is 29.2 Å². The average molecular weight is 249 g/mol. The van der Waals surface area contributed by atoms with Crippen LogP contribution in [-0.4, -0.2) is 35.4 Å². The van der Waals surface area contributed by atoms with Crippen LogP contribution >= 0.6 is 0 Å². The van der Waals surface area contributed by atoms with Gasteiger partial charge in [0.15, 0.2) is 0 Å². The minimum absolute atomic E-state index is 0.0700. The van der Waals surface area contributed by atoms with E-state index in [2.05, 4.69) is 5.32 Å². The Labute approximate surface area is 104 Å². The van der Waals surface area contributed by atoms with Crippen LogP contribution in [0.15, 0.2) is 12.1 Å². The van der Waals surface area contributed by atoms with Gasteiger partial charge in [0, 0.05) is 12.6 Å². The third kappa shape index (κ3) is 1.72. The summed E-state index contributed by atoms with van der Waals surface area (Å²) >= 11 is 0. The largest absolute Gasteiger partial charge is 0.383 e. The SMILES string of the molecule is CCNc1cc2c(cc1F)C(=O)C(C=O)=[N+]2CC. The van der Waals surface area contributed by atoms with Gasteiger partial charge in [-0.25, -0.2) is 4.39 Å². The number of hydrogen-bond acceptors (Lipinski definition) is 3. The van der Waals surface area contributed by atoms with Crippen LogP contribution in [0, 0.1) is 5.82 Å². The summed E-state index contributed by atoms with van der Waals surface area (Å²) in [6, 6.07) is 2.76. The third-order valence-electron chi connectivity index (χ3n) is 2.94. The molecule has 0 aromatic heterocycles. The van der Waals surface area contributed by atoms with Gasteiger partial charge in [-0.15, -0.1) is 0 Å². The molecule has 0 fully saturated rings. The van der Waals surface area contributed by atoms with E-state index in [1.807, 2.05) is 13.8 Å². The predicted octanol–water partition coefficient (Wildman–Crippen LogP) is 1.76. The maximum atomic E-state index is 13.7. The van der Waals surface area contributed by atoms with E-state index in [0.29, 0.717) is 30.8 Å². The average Bonchev–Trinajstić information content (AvgIpc) is 2.62. The number of aldehydes is 1. The van der Waals surface area contributed by atoms with Crippen LogP contribution in [0.2, 0.25) is 0 Å². The van der Waals surface area contributed by atoms with Gasteiger partial charge in [-0.05, 0) is 19.9 Å². The van der Waals surface area contributed by atoms with Crippen molar-refractivity contribution in [1.29, 1.82) is 0 Å². The molecule has 0 saturated carbocycles. The van der Waals surface area contributed by atoms with Crippen LogP contribution in [0.25, 0.3) is 0 Å². The van der Waals surface area contributed by atoms with Crippen molar-refractivity contribution in [1.82, 2.24) is 0 Å². The minimum Gasteiger partial charge on any atom is -0.383 e. The number of Topliss-reactive ketones (excluding diaryl/α,β-unsaturated/α-hetero) is 1. The van der Waals surface area contributed by atoms with Gasteiger partial charge >= 0.3 is 0 Å². The number of ketones is 1. The van der Waals surface area contributed by atoms with Gasteiger partial charge < -0.3 is 5.32 Å². The molecule has 2 rings (SSSR count). The molecule has 1 aromatic carbocycles. The maximum Gasteiger partial charge on any atom is 0.294 e. The topological polar surface area (TPSA) is 49.2 Å². The van der Waals surface area contributed by atoms with E-state index in [-0.39, 0.29) is 11.3 Å². The molecular weight excluding hydrogens is 235 g/mol. The van der Waals surface area contributed by atoms with Crippen LogP contribution in [-0.2, 0) is 4.79 Å². The van der Waals surface area contributed by atoms with Gasteiger partial charge in [0.1, 0.15) is 17.9 Å². The first kappa shape index (κ1) is 12.4. The van der Waals surface area contributed by atoms with E-state index < -0.39 is 11.6 Å². The van der Waals surface area contributed by atoms with Crippen molar-refractivity contribution in [2.75, 3.05) is 18.4 Å². The number of benzene rings is 1. The lowest BCUT2D eigenvalue weighted by Gasteiger charge is -2.05. The molecule has 1 N–H and O–H groups in total. The number of anilines is 1. The summed E-state index contributed by atoms with van der Waals surface area (Å²) in [5.41, 5.74) is 1.25. The van der Waals surface area contributed by atoms with Crippen LogP contribution in [0.4, 0.5) is 15.8 Å². The molecule has 1 aliphatic heterocycles. The minimum atomic E-state index is -0.479. The summed E-state index contributed by atoms with van der Waals surface area (Å²) in [5.74, 6) is -0.893. The van der Waals surface area contributed by atoms with Gasteiger partial charge in [0.2, 0.25) is 12.0 Å². The molecule has 0 aliphatic carbocycles. The molecule has 4 nitrogen and oxygen atoms in total. The van der Waals surface area contributed by atoms with Gasteiger partial charge in [0.25, 0.3) is 11.5 Å². The molecule has 0 saturated heterocycles. The number of carbonyl (C=O) groups is 2. The third-order valence-corrected chi connectivity index (χ3v) is 2.94. The lowest BCUT2D eigenvalue weighted by atomic mass is 10.1. The zero-order valence-electron chi connectivity index (χ0n) is 10.3. The Morgan fingerprint density at radius 2 is 2.11 bits per heavy atom. The fraction of sp³-hybridized carbons (Fsp3) is 0.308. The number of fused-ring (bicyclic) bond motifs is 1. The van der Waals surface area contributed by atoms with Crippen molar-refractivity contribution in [3.63, 3.8) is 0 Å². The number of nitrogens with zero attached hydrogens (tertiary/aromatic N) is 1. The summed E-state index contributed by atoms with van der Waals surface area (Å²) in [6.45, 7) is 4.77. The lowest BCUT2D eigenvalue weighted by molar-refractivity contribution is -0.430. The van der Waals surface area contributed by atoms with E-state index >= 15 is 0 Å². The fourth-order valence-electron chi connectivity index (χ4n) is 2.14. The smallest absolute Gasteiger partial charge is 0.294 e. The zero-order valence-corrected chi connectivity index (χ0v) is 10.3. The first-order valence-electron chi connectivity index (χ1n) is 5.85. The molecule has 0 radical (unpaired) electrons. The van der Waals surface area contributed by atoms with Crippen LogP contribution in [0.5, 0.6) is 0 Å². The Bertz CT molecular complexity index is 564. The summed E-state index contributed by atoms with van der Waals surface area (Å²) in [7, 11) is 0. The quantitative estimate of drug-likeness (QED) is 0.653. The van der Waals surface area contributed by atoms with E-state index in [1.165, 1.54) is 6.07 Å². The summed E-state index contributed by atoms with van der Waals surface area (Å²) in [6.07, 6.45) is 0.524. The Morgan fingerprint density at radius 1 is 1.39 bits per heavy atom. The van der Waals surface area contributed by atoms with E-state index in [4.69, 9.17) is 0 Å². The first-order chi connectivity index (χ1) is 8.63. The fourth-order valence-corrected chi connectivity index (χ4v) is 2.14. The predicted molar refractivity (Wildman–Crippen MR) is 66.4 cm³/mol. The van der Waals surface area contributed by atoms with E-state index in [9.17, 15) is 14.0 Å². The Morgan fingerprint density at radius 3 is 2.67 bits per heavy atom. The van der Waals surface area contributed by atoms with Crippen molar-refractivity contribution in [3.8, 4) is 0 Å². The number of hydrogen-bond donors (Lipinski definition) is 1.